The molecule has 0 aromatic rings. The van der Waals surface area contributed by atoms with Crippen molar-refractivity contribution < 1.29 is 4.21 Å². The topological polar surface area (TPSA) is 53.5 Å². The van der Waals surface area contributed by atoms with Crippen molar-refractivity contribution in [1.82, 2.24) is 10.6 Å². The minimum atomic E-state index is -0.654. The van der Waals surface area contributed by atoms with Crippen LogP contribution in [0.25, 0.3) is 0 Å². The Bertz CT molecular complexity index is 355. The number of nitrogens with one attached hydrogen (secondary N) is 2. The second-order valence-corrected chi connectivity index (χ2v) is 7.97. The molecule has 2 fully saturated rings. The molecule has 20 heavy (non-hydrogen) atoms. The third-order valence-corrected chi connectivity index (χ3v) is 5.91. The van der Waals surface area contributed by atoms with Gasteiger partial charge in [-0.1, -0.05) is 13.3 Å². The van der Waals surface area contributed by atoms with Crippen LogP contribution in [0.4, 0.5) is 0 Å². The lowest BCUT2D eigenvalue weighted by Crippen LogP contribution is -2.46. The summed E-state index contributed by atoms with van der Waals surface area (Å²) in [5.41, 5.74) is 0. The van der Waals surface area contributed by atoms with E-state index in [9.17, 15) is 4.21 Å². The molecule has 0 aromatic heterocycles. The number of hydrogen-bond donors (Lipinski definition) is 2. The largest absolute Gasteiger partial charge is 0.357 e. The van der Waals surface area contributed by atoms with E-state index < -0.39 is 10.8 Å². The summed E-state index contributed by atoms with van der Waals surface area (Å²) in [7, 11) is -0.654. The molecule has 0 radical (unpaired) electrons. The minimum absolute atomic E-state index is 0.373. The summed E-state index contributed by atoms with van der Waals surface area (Å²) < 4.78 is 12.0. The summed E-state index contributed by atoms with van der Waals surface area (Å²) in [5, 5.41) is 7.26. The van der Waals surface area contributed by atoms with Gasteiger partial charge in [-0.2, -0.15) is 0 Å². The first-order chi connectivity index (χ1) is 9.72. The molecule has 5 heteroatoms. The fraction of sp³-hybridized carbons (Fsp3) is 0.933. The molecule has 2 saturated carbocycles. The first-order valence-electron chi connectivity index (χ1n) is 8.15. The molecule has 2 aliphatic carbocycles. The molecule has 0 amide bonds. The Balaban J connectivity index is 1.84. The molecule has 2 N–H and O–H groups in total. The van der Waals surface area contributed by atoms with Crippen LogP contribution in [0, 0.1) is 5.92 Å². The van der Waals surface area contributed by atoms with Gasteiger partial charge in [0.1, 0.15) is 0 Å². The number of aliphatic imine (C=N–C) groups is 1. The quantitative estimate of drug-likeness (QED) is 0.583. The summed E-state index contributed by atoms with van der Waals surface area (Å²) in [4.78, 5) is 4.68. The molecular weight excluding hydrogens is 270 g/mol. The van der Waals surface area contributed by atoms with Gasteiger partial charge in [-0.25, -0.2) is 0 Å². The summed E-state index contributed by atoms with van der Waals surface area (Å²) in [6, 6.07) is 0.432. The summed E-state index contributed by atoms with van der Waals surface area (Å²) >= 11 is 0. The average Bonchev–Trinajstić information content (AvgIpc) is 3.28. The Hall–Kier alpha value is -0.580. The second kappa shape index (κ2) is 8.01. The zero-order valence-electron chi connectivity index (χ0n) is 12.9. The Kier molecular flexibility index (Phi) is 6.33. The summed E-state index contributed by atoms with van der Waals surface area (Å²) in [6.07, 6.45) is 7.16. The van der Waals surface area contributed by atoms with Gasteiger partial charge in [-0.15, -0.1) is 0 Å². The smallest absolute Gasteiger partial charge is 0.191 e. The monoisotopic (exact) mass is 299 g/mol. The van der Waals surface area contributed by atoms with Gasteiger partial charge in [-0.05, 0) is 44.9 Å². The highest BCUT2D eigenvalue weighted by Gasteiger charge is 2.26. The molecule has 0 saturated heterocycles. The fourth-order valence-corrected chi connectivity index (χ4v) is 4.13. The van der Waals surface area contributed by atoms with Crippen molar-refractivity contribution in [3.8, 4) is 0 Å². The molecule has 0 bridgehead atoms. The Morgan fingerprint density at radius 2 is 2.05 bits per heavy atom. The van der Waals surface area contributed by atoms with Crippen LogP contribution in [0.1, 0.15) is 52.4 Å². The van der Waals surface area contributed by atoms with Gasteiger partial charge in [0.05, 0.1) is 0 Å². The van der Waals surface area contributed by atoms with Gasteiger partial charge in [0, 0.05) is 40.9 Å². The maximum atomic E-state index is 12.0. The molecule has 3 unspecified atom stereocenters. The molecule has 2 rings (SSSR count). The van der Waals surface area contributed by atoms with Gasteiger partial charge in [0.25, 0.3) is 0 Å². The van der Waals surface area contributed by atoms with Crippen LogP contribution in [-0.2, 0) is 10.8 Å². The van der Waals surface area contributed by atoms with E-state index in [1.54, 1.807) is 0 Å². The van der Waals surface area contributed by atoms with E-state index in [0.29, 0.717) is 11.3 Å². The zero-order valence-corrected chi connectivity index (χ0v) is 13.7. The predicted molar refractivity (Wildman–Crippen MR) is 86.6 cm³/mol. The first kappa shape index (κ1) is 15.8. The van der Waals surface area contributed by atoms with Crippen LogP contribution in [0.5, 0.6) is 0 Å². The van der Waals surface area contributed by atoms with E-state index in [1.165, 1.54) is 25.7 Å². The summed E-state index contributed by atoms with van der Waals surface area (Å²) in [5.74, 6) is 2.55. The van der Waals surface area contributed by atoms with Crippen molar-refractivity contribution in [2.24, 2.45) is 10.9 Å². The number of rotatable bonds is 6. The summed E-state index contributed by atoms with van der Waals surface area (Å²) in [6.45, 7) is 5.97. The molecule has 0 spiro atoms. The van der Waals surface area contributed by atoms with Crippen LogP contribution in [0.2, 0.25) is 0 Å². The van der Waals surface area contributed by atoms with Crippen molar-refractivity contribution >= 4 is 16.8 Å². The van der Waals surface area contributed by atoms with Crippen LogP contribution in [0.15, 0.2) is 4.99 Å². The van der Waals surface area contributed by atoms with Crippen LogP contribution >= 0.6 is 0 Å². The van der Waals surface area contributed by atoms with E-state index >= 15 is 0 Å². The Morgan fingerprint density at radius 3 is 2.70 bits per heavy atom. The zero-order chi connectivity index (χ0) is 14.4. The molecule has 0 heterocycles. The highest BCUT2D eigenvalue weighted by Crippen LogP contribution is 2.28. The van der Waals surface area contributed by atoms with Gasteiger partial charge >= 0.3 is 0 Å². The molecule has 116 valence electrons. The van der Waals surface area contributed by atoms with Crippen molar-refractivity contribution in [3.05, 3.63) is 0 Å². The second-order valence-electron chi connectivity index (χ2n) is 5.96. The molecule has 4 nitrogen and oxygen atoms in total. The van der Waals surface area contributed by atoms with E-state index in [-0.39, 0.29) is 0 Å². The van der Waals surface area contributed by atoms with Crippen molar-refractivity contribution in [1.29, 1.82) is 0 Å². The average molecular weight is 299 g/mol. The van der Waals surface area contributed by atoms with E-state index in [0.717, 1.165) is 43.6 Å². The minimum Gasteiger partial charge on any atom is -0.357 e. The highest BCUT2D eigenvalue weighted by atomic mass is 32.2. The lowest BCUT2D eigenvalue weighted by Gasteiger charge is -2.30. The third-order valence-electron chi connectivity index (χ3n) is 4.17. The van der Waals surface area contributed by atoms with Crippen LogP contribution < -0.4 is 10.6 Å². The van der Waals surface area contributed by atoms with E-state index in [4.69, 9.17) is 0 Å². The number of nitrogens with zero attached hydrogens (tertiary/aromatic N) is 1. The first-order valence-corrected chi connectivity index (χ1v) is 9.53. The van der Waals surface area contributed by atoms with Gasteiger partial charge < -0.3 is 10.6 Å². The van der Waals surface area contributed by atoms with Crippen LogP contribution in [-0.4, -0.2) is 40.3 Å². The van der Waals surface area contributed by atoms with Crippen LogP contribution in [0.3, 0.4) is 0 Å². The maximum absolute atomic E-state index is 12.0. The van der Waals surface area contributed by atoms with Crippen molar-refractivity contribution in [2.75, 3.05) is 18.8 Å². The van der Waals surface area contributed by atoms with E-state index in [1.807, 2.05) is 6.92 Å². The van der Waals surface area contributed by atoms with Gasteiger partial charge in [0.2, 0.25) is 0 Å². The lowest BCUT2D eigenvalue weighted by atomic mass is 9.95. The van der Waals surface area contributed by atoms with Gasteiger partial charge in [-0.3, -0.25) is 9.20 Å². The highest BCUT2D eigenvalue weighted by molar-refractivity contribution is 7.85. The standard InChI is InChI=1S/C15H29N3OS/c1-3-16-15(17-11-12-8-9-12)18-13-6-5-7-14(10-13)20(19)4-2/h12-14H,3-11H2,1-2H3,(H2,16,17,18). The molecule has 2 aliphatic rings. The van der Waals surface area contributed by atoms with Gasteiger partial charge in [0.15, 0.2) is 5.96 Å². The molecule has 0 aromatic carbocycles. The number of hydrogen-bond acceptors (Lipinski definition) is 2. The molecule has 3 atom stereocenters. The molecule has 0 aliphatic heterocycles. The molecular formula is C15H29N3OS. The van der Waals surface area contributed by atoms with E-state index in [2.05, 4.69) is 22.5 Å². The third kappa shape index (κ3) is 5.08. The Labute approximate surface area is 125 Å². The predicted octanol–water partition coefficient (Wildman–Crippen LogP) is 2.03. The Morgan fingerprint density at radius 1 is 1.25 bits per heavy atom. The van der Waals surface area contributed by atoms with Crippen molar-refractivity contribution in [2.45, 2.75) is 63.7 Å². The normalized spacial score (nSPS) is 29.0. The lowest BCUT2D eigenvalue weighted by molar-refractivity contribution is 0.413. The fourth-order valence-electron chi connectivity index (χ4n) is 2.78. The number of guanidine groups is 1. The SMILES string of the molecule is CCNC(=NCC1CC1)NC1CCCC(S(=O)CC)C1. The maximum Gasteiger partial charge on any atom is 0.191 e. The van der Waals surface area contributed by atoms with Crippen molar-refractivity contribution in [3.63, 3.8) is 0 Å².